The van der Waals surface area contributed by atoms with Crippen molar-refractivity contribution in [1.82, 2.24) is 15.0 Å². The van der Waals surface area contributed by atoms with Gasteiger partial charge in [-0.25, -0.2) is 0 Å². The fraction of sp³-hybridized carbons (Fsp3) is 0.121. The van der Waals surface area contributed by atoms with E-state index in [1.807, 2.05) is 103 Å². The van der Waals surface area contributed by atoms with Crippen LogP contribution in [0.5, 0.6) is 0 Å². The molecule has 0 saturated carbocycles. The summed E-state index contributed by atoms with van der Waals surface area (Å²) in [6.07, 6.45) is 5.46. The van der Waals surface area contributed by atoms with Crippen LogP contribution in [-0.2, 0) is 40.2 Å². The first-order chi connectivity index (χ1) is 29.8. The Morgan fingerprint density at radius 2 is 0.746 bits per heavy atom. The van der Waals surface area contributed by atoms with Crippen molar-refractivity contribution in [3.8, 4) is 67.2 Å². The van der Waals surface area contributed by atoms with Crippen LogP contribution in [0.3, 0.4) is 0 Å². The molecule has 3 aromatic heterocycles. The summed E-state index contributed by atoms with van der Waals surface area (Å²) in [6, 6.07) is 71.2. The average molecular weight is 1170 g/mol. The van der Waals surface area contributed by atoms with Crippen LogP contribution in [0.25, 0.3) is 67.2 Å². The molecular formula is C58H51Ir2N3-2. The molecule has 5 heteroatoms. The van der Waals surface area contributed by atoms with Crippen LogP contribution in [0, 0.1) is 19.1 Å². The Bertz CT molecular complexity index is 2600. The standard InChI is InChI=1S/C23H24N.C18H15N.C17H12N.2Ir/c1-16(2)20-13-21(17(3)4)15-22(14-20)18-8-7-9-19(12-18)23-10-5-6-11-24-23;1-14-11-16(15-7-3-2-4-8-15)13-17(12-14)18-9-5-6-10-19-18;1-2-7-14(8-3-1)15-9-6-10-16(13-15)17-11-4-5-12-18-17;;/h5-8,10-17H,1-4H3;2-13H,1H3;1-9,11-13H;;/q-1;;-1;;. The van der Waals surface area contributed by atoms with Gasteiger partial charge in [-0.2, -0.15) is 0 Å². The molecule has 0 atom stereocenters. The van der Waals surface area contributed by atoms with Crippen LogP contribution >= 0.6 is 0 Å². The molecule has 0 aliphatic heterocycles. The fourth-order valence-electron chi connectivity index (χ4n) is 7.03. The van der Waals surface area contributed by atoms with Gasteiger partial charge in [-0.05, 0) is 105 Å². The molecule has 2 radical (unpaired) electrons. The largest absolute Gasteiger partial charge is 0.305 e. The van der Waals surface area contributed by atoms with Crippen molar-refractivity contribution in [3.05, 3.63) is 235 Å². The SMILES string of the molecule is CC(C)c1cc(-c2cc[c-]c(-c3ccccn3)c2)cc(C(C)C)c1.Cc1cc(-c2ccccc2)cc(-c2ccccn2)c1.[Ir].[Ir].[c-]1ccc(-c2ccccc2)cc1-c1ccccn1. The maximum atomic E-state index is 4.44. The summed E-state index contributed by atoms with van der Waals surface area (Å²) < 4.78 is 0. The van der Waals surface area contributed by atoms with Crippen LogP contribution < -0.4 is 0 Å². The zero-order valence-electron chi connectivity index (χ0n) is 36.3. The first-order valence-corrected chi connectivity index (χ1v) is 21.0. The quantitative estimate of drug-likeness (QED) is 0.142. The maximum absolute atomic E-state index is 4.44. The molecule has 6 aromatic carbocycles. The number of aryl methyl sites for hydroxylation is 1. The van der Waals surface area contributed by atoms with E-state index in [2.05, 4.69) is 159 Å². The molecule has 63 heavy (non-hydrogen) atoms. The third-order valence-corrected chi connectivity index (χ3v) is 10.4. The van der Waals surface area contributed by atoms with Gasteiger partial charge >= 0.3 is 0 Å². The molecule has 3 nitrogen and oxygen atoms in total. The van der Waals surface area contributed by atoms with E-state index in [4.69, 9.17) is 0 Å². The van der Waals surface area contributed by atoms with E-state index in [9.17, 15) is 0 Å². The van der Waals surface area contributed by atoms with E-state index in [1.165, 1.54) is 55.6 Å². The van der Waals surface area contributed by atoms with Gasteiger partial charge in [0.2, 0.25) is 0 Å². The summed E-state index contributed by atoms with van der Waals surface area (Å²) in [5.41, 5.74) is 17.6. The zero-order chi connectivity index (χ0) is 42.4. The molecule has 0 aliphatic rings. The molecule has 9 rings (SSSR count). The second kappa shape index (κ2) is 24.1. The molecule has 0 spiro atoms. The molecule has 0 fully saturated rings. The van der Waals surface area contributed by atoms with Gasteiger partial charge in [0, 0.05) is 64.4 Å². The number of rotatable bonds is 8. The fourth-order valence-corrected chi connectivity index (χ4v) is 7.03. The van der Waals surface area contributed by atoms with E-state index in [1.54, 1.807) is 6.20 Å². The van der Waals surface area contributed by atoms with Crippen molar-refractivity contribution >= 4 is 0 Å². The summed E-state index contributed by atoms with van der Waals surface area (Å²) in [4.78, 5) is 13.2. The molecule has 0 amide bonds. The van der Waals surface area contributed by atoms with Gasteiger partial charge in [0.25, 0.3) is 0 Å². The smallest absolute Gasteiger partial charge is 0.0702 e. The number of aromatic nitrogens is 3. The normalized spacial score (nSPS) is 10.3. The predicted molar refractivity (Wildman–Crippen MR) is 256 cm³/mol. The number of hydrogen-bond donors (Lipinski definition) is 0. The van der Waals surface area contributed by atoms with Crippen LogP contribution in [0.4, 0.5) is 0 Å². The summed E-state index contributed by atoms with van der Waals surface area (Å²) in [7, 11) is 0. The predicted octanol–water partition coefficient (Wildman–Crippen LogP) is 15.4. The topological polar surface area (TPSA) is 38.7 Å². The van der Waals surface area contributed by atoms with E-state index in [0.717, 1.165) is 28.2 Å². The van der Waals surface area contributed by atoms with E-state index in [0.29, 0.717) is 11.8 Å². The van der Waals surface area contributed by atoms with Crippen molar-refractivity contribution < 1.29 is 40.2 Å². The Balaban J connectivity index is 0.000000177. The average Bonchev–Trinajstić information content (AvgIpc) is 3.33. The molecule has 0 N–H and O–H groups in total. The zero-order valence-corrected chi connectivity index (χ0v) is 41.1. The Hall–Kier alpha value is -5.93. The van der Waals surface area contributed by atoms with Gasteiger partial charge in [0.05, 0.1) is 5.69 Å². The molecule has 0 unspecified atom stereocenters. The van der Waals surface area contributed by atoms with Gasteiger partial charge < -0.3 is 9.97 Å². The summed E-state index contributed by atoms with van der Waals surface area (Å²) in [6.45, 7) is 11.1. The number of hydrogen-bond acceptors (Lipinski definition) is 3. The summed E-state index contributed by atoms with van der Waals surface area (Å²) in [5, 5.41) is 0. The van der Waals surface area contributed by atoms with Crippen LogP contribution in [-0.4, -0.2) is 15.0 Å². The van der Waals surface area contributed by atoms with Crippen LogP contribution in [0.15, 0.2) is 207 Å². The van der Waals surface area contributed by atoms with E-state index in [-0.39, 0.29) is 40.2 Å². The van der Waals surface area contributed by atoms with Crippen LogP contribution in [0.1, 0.15) is 56.2 Å². The third kappa shape index (κ3) is 13.5. The maximum Gasteiger partial charge on any atom is 0.0702 e. The third-order valence-electron chi connectivity index (χ3n) is 10.4. The molecule has 3 heterocycles. The van der Waals surface area contributed by atoms with E-state index >= 15 is 0 Å². The van der Waals surface area contributed by atoms with Crippen molar-refractivity contribution in [3.63, 3.8) is 0 Å². The first-order valence-electron chi connectivity index (χ1n) is 21.0. The van der Waals surface area contributed by atoms with Crippen molar-refractivity contribution in [2.24, 2.45) is 0 Å². The molecular weight excluding hydrogens is 1120 g/mol. The Labute approximate surface area is 401 Å². The van der Waals surface area contributed by atoms with Gasteiger partial charge in [0.15, 0.2) is 0 Å². The second-order valence-electron chi connectivity index (χ2n) is 15.6. The first kappa shape index (κ1) is 48.1. The van der Waals surface area contributed by atoms with Gasteiger partial charge in [-0.3, -0.25) is 4.98 Å². The summed E-state index contributed by atoms with van der Waals surface area (Å²) >= 11 is 0. The second-order valence-corrected chi connectivity index (χ2v) is 15.6. The van der Waals surface area contributed by atoms with Crippen LogP contribution in [0.2, 0.25) is 0 Å². The number of nitrogens with zero attached hydrogens (tertiary/aromatic N) is 3. The van der Waals surface area contributed by atoms with E-state index < -0.39 is 0 Å². The van der Waals surface area contributed by atoms with Gasteiger partial charge in [-0.1, -0.05) is 143 Å². The Morgan fingerprint density at radius 1 is 0.349 bits per heavy atom. The minimum atomic E-state index is 0. The Kier molecular flexibility index (Phi) is 18.4. The molecule has 9 aromatic rings. The minimum absolute atomic E-state index is 0. The monoisotopic (exact) mass is 1180 g/mol. The van der Waals surface area contributed by atoms with Crippen molar-refractivity contribution in [1.29, 1.82) is 0 Å². The van der Waals surface area contributed by atoms with Crippen molar-refractivity contribution in [2.45, 2.75) is 46.5 Å². The Morgan fingerprint density at radius 3 is 1.19 bits per heavy atom. The molecule has 0 saturated heterocycles. The molecule has 0 aliphatic carbocycles. The minimum Gasteiger partial charge on any atom is -0.305 e. The summed E-state index contributed by atoms with van der Waals surface area (Å²) in [5.74, 6) is 1.04. The number of pyridine rings is 3. The number of benzene rings is 6. The molecule has 318 valence electrons. The van der Waals surface area contributed by atoms with Crippen molar-refractivity contribution in [2.75, 3.05) is 0 Å². The molecule has 0 bridgehead atoms. The van der Waals surface area contributed by atoms with Gasteiger partial charge in [0.1, 0.15) is 0 Å². The van der Waals surface area contributed by atoms with Gasteiger partial charge in [-0.15, -0.1) is 70.8 Å².